The zero-order valence-corrected chi connectivity index (χ0v) is 4.05. The molecule has 2 heteroatoms. The lowest BCUT2D eigenvalue weighted by Gasteiger charge is -2.15. The summed E-state index contributed by atoms with van der Waals surface area (Å²) in [6.45, 7) is 0.626. The molecule has 2 nitrogen and oxygen atoms in total. The number of hydrogen-bond donors (Lipinski definition) is 1. The van der Waals surface area contributed by atoms with Crippen molar-refractivity contribution < 1.29 is 9.84 Å². The van der Waals surface area contributed by atoms with Crippen LogP contribution in [0, 0.1) is 6.42 Å². The summed E-state index contributed by atoms with van der Waals surface area (Å²) in [4.78, 5) is 0. The summed E-state index contributed by atoms with van der Waals surface area (Å²) in [6, 6.07) is 0. The van der Waals surface area contributed by atoms with Gasteiger partial charge < -0.3 is 9.84 Å². The van der Waals surface area contributed by atoms with Crippen LogP contribution in [0.1, 0.15) is 12.8 Å². The van der Waals surface area contributed by atoms with E-state index in [4.69, 9.17) is 9.84 Å². The van der Waals surface area contributed by atoms with Crippen LogP contribution in [0.25, 0.3) is 0 Å². The molecule has 0 aromatic rings. The highest BCUT2D eigenvalue weighted by molar-refractivity contribution is 4.69. The van der Waals surface area contributed by atoms with Crippen molar-refractivity contribution in [2.75, 3.05) is 6.61 Å². The third-order valence-corrected chi connectivity index (χ3v) is 0.908. The van der Waals surface area contributed by atoms with Crippen LogP contribution in [0.15, 0.2) is 0 Å². The molecule has 2 radical (unpaired) electrons. The molecule has 1 aliphatic rings. The van der Waals surface area contributed by atoms with Gasteiger partial charge in [-0.05, 0) is 12.8 Å². The second-order valence-corrected chi connectivity index (χ2v) is 1.53. The van der Waals surface area contributed by atoms with Gasteiger partial charge in [0.15, 0.2) is 6.29 Å². The Morgan fingerprint density at radius 2 is 2.57 bits per heavy atom. The van der Waals surface area contributed by atoms with Crippen molar-refractivity contribution >= 4 is 0 Å². The molecular formula is C5H8O2. The molecule has 0 amide bonds. The first-order valence-corrected chi connectivity index (χ1v) is 2.40. The average Bonchev–Trinajstić information content (AvgIpc) is 1.69. The van der Waals surface area contributed by atoms with Crippen LogP contribution in [-0.2, 0) is 4.74 Å². The molecule has 1 unspecified atom stereocenters. The first-order chi connectivity index (χ1) is 3.39. The third kappa shape index (κ3) is 1.45. The Bertz CT molecular complexity index is 48.0. The Morgan fingerprint density at radius 1 is 1.71 bits per heavy atom. The van der Waals surface area contributed by atoms with Crippen LogP contribution in [-0.4, -0.2) is 18.0 Å². The van der Waals surface area contributed by atoms with Gasteiger partial charge in [0.25, 0.3) is 0 Å². The molecule has 0 bridgehead atoms. The number of hydrogen-bond acceptors (Lipinski definition) is 2. The highest BCUT2D eigenvalue weighted by atomic mass is 16.6. The van der Waals surface area contributed by atoms with Crippen molar-refractivity contribution in [3.8, 4) is 0 Å². The first kappa shape index (κ1) is 5.06. The monoisotopic (exact) mass is 100 g/mol. The van der Waals surface area contributed by atoms with Crippen molar-refractivity contribution in [3.63, 3.8) is 0 Å². The van der Waals surface area contributed by atoms with Gasteiger partial charge in [0, 0.05) is 6.42 Å². The largest absolute Gasteiger partial charge is 0.368 e. The lowest BCUT2D eigenvalue weighted by Crippen LogP contribution is -2.17. The van der Waals surface area contributed by atoms with Gasteiger partial charge in [0.1, 0.15) is 0 Å². The van der Waals surface area contributed by atoms with E-state index in [1.54, 1.807) is 0 Å². The second-order valence-electron chi connectivity index (χ2n) is 1.53. The summed E-state index contributed by atoms with van der Waals surface area (Å²) in [5.41, 5.74) is 0. The van der Waals surface area contributed by atoms with Crippen LogP contribution >= 0.6 is 0 Å². The predicted octanol–water partition coefficient (Wildman–Crippen LogP) is 0.196. The van der Waals surface area contributed by atoms with E-state index in [-0.39, 0.29) is 0 Å². The van der Waals surface area contributed by atoms with Gasteiger partial charge in [-0.15, -0.1) is 0 Å². The standard InChI is InChI=1S/C5H8O2/c6-5-3-1-2-4-7-5/h5-6H,2-4H2. The van der Waals surface area contributed by atoms with E-state index in [1.165, 1.54) is 0 Å². The molecule has 40 valence electrons. The molecule has 0 aliphatic carbocycles. The Labute approximate surface area is 43.1 Å². The van der Waals surface area contributed by atoms with Crippen LogP contribution in [0.4, 0.5) is 0 Å². The fourth-order valence-corrected chi connectivity index (χ4v) is 0.552. The lowest BCUT2D eigenvalue weighted by atomic mass is 10.2. The normalized spacial score (nSPS) is 33.0. The minimum absolute atomic E-state index is 0.569. The summed E-state index contributed by atoms with van der Waals surface area (Å²) in [7, 11) is 0. The Balaban J connectivity index is 2.12. The third-order valence-electron chi connectivity index (χ3n) is 0.908. The zero-order valence-electron chi connectivity index (χ0n) is 4.05. The fraction of sp³-hybridized carbons (Fsp3) is 0.800. The minimum Gasteiger partial charge on any atom is -0.368 e. The molecule has 7 heavy (non-hydrogen) atoms. The maximum Gasteiger partial charge on any atom is 0.155 e. The van der Waals surface area contributed by atoms with Crippen molar-refractivity contribution in [2.45, 2.75) is 19.1 Å². The topological polar surface area (TPSA) is 29.5 Å². The van der Waals surface area contributed by atoms with Crippen LogP contribution in [0.3, 0.4) is 0 Å². The predicted molar refractivity (Wildman–Crippen MR) is 24.4 cm³/mol. The van der Waals surface area contributed by atoms with E-state index in [9.17, 15) is 0 Å². The number of aliphatic hydroxyl groups is 1. The maximum atomic E-state index is 8.62. The van der Waals surface area contributed by atoms with Gasteiger partial charge in [-0.3, -0.25) is 0 Å². The number of ether oxygens (including phenoxy) is 1. The maximum absolute atomic E-state index is 8.62. The van der Waals surface area contributed by atoms with Crippen LogP contribution < -0.4 is 0 Å². The first-order valence-electron chi connectivity index (χ1n) is 2.40. The molecule has 1 fully saturated rings. The minimum atomic E-state index is -0.575. The zero-order chi connectivity index (χ0) is 5.11. The van der Waals surface area contributed by atoms with E-state index in [2.05, 4.69) is 6.42 Å². The summed E-state index contributed by atoms with van der Waals surface area (Å²) in [6.07, 6.45) is 3.81. The van der Waals surface area contributed by atoms with Gasteiger partial charge >= 0.3 is 0 Å². The fourth-order valence-electron chi connectivity index (χ4n) is 0.552. The highest BCUT2D eigenvalue weighted by Crippen LogP contribution is 2.07. The molecule has 0 spiro atoms. The summed E-state index contributed by atoms with van der Waals surface area (Å²) in [5, 5.41) is 8.62. The summed E-state index contributed by atoms with van der Waals surface area (Å²) < 4.78 is 4.77. The quantitative estimate of drug-likeness (QED) is 0.471. The molecule has 1 saturated heterocycles. The van der Waals surface area contributed by atoms with Gasteiger partial charge in [0.05, 0.1) is 6.61 Å². The van der Waals surface area contributed by atoms with Gasteiger partial charge in [-0.2, -0.15) is 0 Å². The van der Waals surface area contributed by atoms with Gasteiger partial charge in [-0.1, -0.05) is 0 Å². The van der Waals surface area contributed by atoms with Crippen LogP contribution in [0.5, 0.6) is 0 Å². The molecule has 1 atom stereocenters. The van der Waals surface area contributed by atoms with Crippen molar-refractivity contribution in [1.29, 1.82) is 0 Å². The van der Waals surface area contributed by atoms with E-state index < -0.39 is 6.29 Å². The van der Waals surface area contributed by atoms with Crippen molar-refractivity contribution in [1.82, 2.24) is 0 Å². The summed E-state index contributed by atoms with van der Waals surface area (Å²) >= 11 is 0. The van der Waals surface area contributed by atoms with E-state index in [0.717, 1.165) is 6.42 Å². The Morgan fingerprint density at radius 3 is 2.86 bits per heavy atom. The molecule has 1 aliphatic heterocycles. The van der Waals surface area contributed by atoms with E-state index in [1.807, 2.05) is 0 Å². The number of aliphatic hydroxyl groups excluding tert-OH is 1. The van der Waals surface area contributed by atoms with Crippen molar-refractivity contribution in [3.05, 3.63) is 6.42 Å². The molecule has 0 aromatic heterocycles. The SMILES string of the molecule is OC1C[C]CCO1. The van der Waals surface area contributed by atoms with E-state index in [0.29, 0.717) is 13.0 Å². The highest BCUT2D eigenvalue weighted by Gasteiger charge is 2.08. The molecule has 0 aromatic carbocycles. The van der Waals surface area contributed by atoms with Crippen LogP contribution in [0.2, 0.25) is 0 Å². The molecule has 1 heterocycles. The van der Waals surface area contributed by atoms with Gasteiger partial charge in [-0.25, -0.2) is 0 Å². The molecule has 0 saturated carbocycles. The molecular weight excluding hydrogens is 92.1 g/mol. The van der Waals surface area contributed by atoms with E-state index >= 15 is 0 Å². The van der Waals surface area contributed by atoms with Gasteiger partial charge in [0.2, 0.25) is 0 Å². The average molecular weight is 100 g/mol. The molecule has 1 rings (SSSR count). The van der Waals surface area contributed by atoms with Crippen molar-refractivity contribution in [2.24, 2.45) is 0 Å². The second kappa shape index (κ2) is 2.28. The summed E-state index contributed by atoms with van der Waals surface area (Å²) in [5.74, 6) is 0. The lowest BCUT2D eigenvalue weighted by molar-refractivity contribution is -0.111. The Hall–Kier alpha value is -0.0800. The smallest absolute Gasteiger partial charge is 0.155 e. The number of rotatable bonds is 0. The Kier molecular flexibility index (Phi) is 1.65. The molecule has 1 N–H and O–H groups in total.